The molecule has 0 saturated carbocycles. The fourth-order valence-electron chi connectivity index (χ4n) is 3.32. The number of ether oxygens (including phenoxy) is 1. The summed E-state index contributed by atoms with van der Waals surface area (Å²) >= 11 is 0. The summed E-state index contributed by atoms with van der Waals surface area (Å²) in [5.74, 6) is -2.13. The van der Waals surface area contributed by atoms with Crippen LogP contribution in [0.15, 0.2) is 36.4 Å². The van der Waals surface area contributed by atoms with Gasteiger partial charge in [0.15, 0.2) is 0 Å². The lowest BCUT2D eigenvalue weighted by Crippen LogP contribution is -2.31. The summed E-state index contributed by atoms with van der Waals surface area (Å²) in [6.07, 6.45) is 0. The molecular weight excluding hydrogens is 344 g/mol. The van der Waals surface area contributed by atoms with Gasteiger partial charge in [-0.1, -0.05) is 18.2 Å². The molecule has 1 aliphatic heterocycles. The second kappa shape index (κ2) is 6.74. The van der Waals surface area contributed by atoms with Gasteiger partial charge in [-0.05, 0) is 48.7 Å². The number of halogens is 2. The van der Waals surface area contributed by atoms with Gasteiger partial charge in [-0.3, -0.25) is 9.59 Å². The fraction of sp³-hybridized carbons (Fsp3) is 0.263. The molecule has 1 amide bonds. The first-order valence-electron chi connectivity index (χ1n) is 7.99. The number of carbonyl (C=O) groups is 2. The number of hydrogen-bond donors (Lipinski definition) is 1. The van der Waals surface area contributed by atoms with Gasteiger partial charge in [0, 0.05) is 17.8 Å². The van der Waals surface area contributed by atoms with E-state index in [9.17, 15) is 23.5 Å². The van der Waals surface area contributed by atoms with E-state index in [1.807, 2.05) is 0 Å². The van der Waals surface area contributed by atoms with E-state index >= 15 is 0 Å². The zero-order chi connectivity index (χ0) is 19.0. The van der Waals surface area contributed by atoms with Crippen LogP contribution in [0, 0.1) is 13.8 Å². The second-order valence-corrected chi connectivity index (χ2v) is 6.18. The molecule has 1 heterocycles. The minimum Gasteiger partial charge on any atom is -0.481 e. The predicted molar refractivity (Wildman–Crippen MR) is 91.0 cm³/mol. The number of hydrogen-bond acceptors (Lipinski definition) is 3. The summed E-state index contributed by atoms with van der Waals surface area (Å²) in [6, 6.07) is 9.81. The van der Waals surface area contributed by atoms with Crippen LogP contribution in [0.2, 0.25) is 0 Å². The fourth-order valence-corrected chi connectivity index (χ4v) is 3.32. The van der Waals surface area contributed by atoms with Gasteiger partial charge >= 0.3 is 12.6 Å². The number of carboxylic acid groups (broad SMARTS) is 1. The number of rotatable bonds is 4. The molecule has 0 fully saturated rings. The van der Waals surface area contributed by atoms with Crippen LogP contribution in [0.1, 0.15) is 33.0 Å². The van der Waals surface area contributed by atoms with Crippen molar-refractivity contribution in [3.8, 4) is 5.75 Å². The highest BCUT2D eigenvalue weighted by molar-refractivity contribution is 6.09. The second-order valence-electron chi connectivity index (χ2n) is 6.18. The summed E-state index contributed by atoms with van der Waals surface area (Å²) in [5.41, 5.74) is 2.25. The van der Waals surface area contributed by atoms with Gasteiger partial charge in [-0.2, -0.15) is 8.78 Å². The maximum Gasteiger partial charge on any atom is 0.387 e. The zero-order valence-electron chi connectivity index (χ0n) is 14.2. The Morgan fingerprint density at radius 2 is 1.81 bits per heavy atom. The standard InChI is InChI=1S/C19H17F2NO4/c1-10-7-12(8-11(2)16(10)26-19(20)21)17(23)22-9-14(18(24)25)13-5-3-4-6-15(13)22/h3-8,14,19H,9H2,1-2H3,(H,24,25). The van der Waals surface area contributed by atoms with Gasteiger partial charge in [0.25, 0.3) is 5.91 Å². The molecule has 0 radical (unpaired) electrons. The van der Waals surface area contributed by atoms with Crippen LogP contribution in [-0.4, -0.2) is 30.1 Å². The Labute approximate surface area is 148 Å². The van der Waals surface area contributed by atoms with Crippen LogP contribution in [0.3, 0.4) is 0 Å². The lowest BCUT2D eigenvalue weighted by atomic mass is 10.0. The van der Waals surface area contributed by atoms with Crippen LogP contribution in [0.4, 0.5) is 14.5 Å². The predicted octanol–water partition coefficient (Wildman–Crippen LogP) is 3.73. The third kappa shape index (κ3) is 3.12. The Bertz CT molecular complexity index is 859. The highest BCUT2D eigenvalue weighted by Gasteiger charge is 2.36. The van der Waals surface area contributed by atoms with E-state index in [2.05, 4.69) is 4.74 Å². The van der Waals surface area contributed by atoms with Crippen molar-refractivity contribution in [1.82, 2.24) is 0 Å². The molecule has 3 rings (SSSR count). The van der Waals surface area contributed by atoms with Crippen LogP contribution in [0.5, 0.6) is 5.75 Å². The molecule has 7 heteroatoms. The Hall–Kier alpha value is -2.96. The van der Waals surface area contributed by atoms with Crippen molar-refractivity contribution in [3.05, 3.63) is 58.7 Å². The molecule has 0 saturated heterocycles. The minimum atomic E-state index is -2.95. The molecule has 1 N–H and O–H groups in total. The molecule has 0 aromatic heterocycles. The highest BCUT2D eigenvalue weighted by Crippen LogP contribution is 2.37. The summed E-state index contributed by atoms with van der Waals surface area (Å²) in [4.78, 5) is 25.9. The van der Waals surface area contributed by atoms with Crippen molar-refractivity contribution >= 4 is 17.6 Å². The van der Waals surface area contributed by atoms with Gasteiger partial charge in [-0.15, -0.1) is 0 Å². The minimum absolute atomic E-state index is 0.0287. The van der Waals surface area contributed by atoms with Gasteiger partial charge in [0.05, 0.1) is 0 Å². The van der Waals surface area contributed by atoms with E-state index < -0.39 is 18.5 Å². The van der Waals surface area contributed by atoms with E-state index in [0.717, 1.165) is 0 Å². The Kier molecular flexibility index (Phi) is 4.63. The molecule has 1 atom stereocenters. The lowest BCUT2D eigenvalue weighted by molar-refractivity contribution is -0.138. The number of nitrogens with zero attached hydrogens (tertiary/aromatic N) is 1. The molecule has 1 aliphatic rings. The number of carboxylic acids is 1. The molecule has 0 bridgehead atoms. The molecule has 0 spiro atoms. The third-order valence-electron chi connectivity index (χ3n) is 4.43. The largest absolute Gasteiger partial charge is 0.481 e. The van der Waals surface area contributed by atoms with Gasteiger partial charge in [-0.25, -0.2) is 0 Å². The first-order valence-corrected chi connectivity index (χ1v) is 7.99. The molecule has 5 nitrogen and oxygen atoms in total. The number of benzene rings is 2. The molecule has 0 aliphatic carbocycles. The smallest absolute Gasteiger partial charge is 0.387 e. The molecule has 136 valence electrons. The number of para-hydroxylation sites is 1. The zero-order valence-corrected chi connectivity index (χ0v) is 14.2. The number of aryl methyl sites for hydroxylation is 2. The number of fused-ring (bicyclic) bond motifs is 1. The summed E-state index contributed by atoms with van der Waals surface area (Å²) in [7, 11) is 0. The first-order chi connectivity index (χ1) is 12.3. The third-order valence-corrected chi connectivity index (χ3v) is 4.43. The van der Waals surface area contributed by atoms with Crippen LogP contribution in [-0.2, 0) is 4.79 Å². The summed E-state index contributed by atoms with van der Waals surface area (Å²) in [6.45, 7) is 0.246. The Morgan fingerprint density at radius 3 is 2.38 bits per heavy atom. The SMILES string of the molecule is Cc1cc(C(=O)N2CC(C(=O)O)c3ccccc32)cc(C)c1OC(F)F. The lowest BCUT2D eigenvalue weighted by Gasteiger charge is -2.19. The molecular formula is C19H17F2NO4. The topological polar surface area (TPSA) is 66.8 Å². The van der Waals surface area contributed by atoms with Crippen molar-refractivity contribution in [3.63, 3.8) is 0 Å². The number of amides is 1. The van der Waals surface area contributed by atoms with Gasteiger partial charge in [0.1, 0.15) is 11.7 Å². The average Bonchev–Trinajstić information content (AvgIpc) is 2.97. The average molecular weight is 361 g/mol. The van der Waals surface area contributed by atoms with E-state index in [1.165, 1.54) is 17.0 Å². The molecule has 2 aromatic carbocycles. The van der Waals surface area contributed by atoms with Crippen LogP contribution in [0.25, 0.3) is 0 Å². The maximum atomic E-state index is 13.0. The monoisotopic (exact) mass is 361 g/mol. The molecule has 26 heavy (non-hydrogen) atoms. The van der Waals surface area contributed by atoms with Crippen LogP contribution >= 0.6 is 0 Å². The van der Waals surface area contributed by atoms with Gasteiger partial charge in [0.2, 0.25) is 0 Å². The van der Waals surface area contributed by atoms with Crippen molar-refractivity contribution in [2.75, 3.05) is 11.4 Å². The van der Waals surface area contributed by atoms with Crippen molar-refractivity contribution < 1.29 is 28.2 Å². The number of anilines is 1. The Balaban J connectivity index is 1.97. The maximum absolute atomic E-state index is 13.0. The molecule has 1 unspecified atom stereocenters. The first kappa shape index (κ1) is 17.8. The molecule has 2 aromatic rings. The summed E-state index contributed by atoms with van der Waals surface area (Å²) in [5, 5.41) is 9.41. The normalized spacial score (nSPS) is 15.9. The summed E-state index contributed by atoms with van der Waals surface area (Å²) < 4.78 is 29.5. The highest BCUT2D eigenvalue weighted by atomic mass is 19.3. The number of aliphatic carboxylic acids is 1. The number of carbonyl (C=O) groups excluding carboxylic acids is 1. The van der Waals surface area contributed by atoms with Crippen LogP contribution < -0.4 is 9.64 Å². The van der Waals surface area contributed by atoms with E-state index in [-0.39, 0.29) is 18.2 Å². The van der Waals surface area contributed by atoms with Crippen molar-refractivity contribution in [2.24, 2.45) is 0 Å². The van der Waals surface area contributed by atoms with Gasteiger partial charge < -0.3 is 14.7 Å². The number of alkyl halides is 2. The van der Waals surface area contributed by atoms with E-state index in [0.29, 0.717) is 27.9 Å². The van der Waals surface area contributed by atoms with Crippen molar-refractivity contribution in [1.29, 1.82) is 0 Å². The van der Waals surface area contributed by atoms with E-state index in [4.69, 9.17) is 0 Å². The van der Waals surface area contributed by atoms with Crippen molar-refractivity contribution in [2.45, 2.75) is 26.4 Å². The quantitative estimate of drug-likeness (QED) is 0.901. The Morgan fingerprint density at radius 1 is 1.19 bits per heavy atom. The van der Waals surface area contributed by atoms with E-state index in [1.54, 1.807) is 38.1 Å².